The van der Waals surface area contributed by atoms with Crippen LogP contribution in [-0.2, 0) is 9.53 Å². The topological polar surface area (TPSA) is 131 Å². The summed E-state index contributed by atoms with van der Waals surface area (Å²) in [4.78, 5) is 47.9. The maximum atomic E-state index is 12.5. The summed E-state index contributed by atoms with van der Waals surface area (Å²) in [6, 6.07) is 14.7. The van der Waals surface area contributed by atoms with Gasteiger partial charge in [-0.05, 0) is 30.3 Å². The zero-order valence-electron chi connectivity index (χ0n) is 18.2. The number of aromatic nitrogens is 2. The van der Waals surface area contributed by atoms with Gasteiger partial charge in [0.1, 0.15) is 5.69 Å². The van der Waals surface area contributed by atoms with Gasteiger partial charge in [0.2, 0.25) is 5.95 Å². The van der Waals surface area contributed by atoms with Crippen molar-refractivity contribution in [3.8, 4) is 0 Å². The monoisotopic (exact) mass is 462 g/mol. The second-order valence-electron chi connectivity index (χ2n) is 7.47. The lowest BCUT2D eigenvalue weighted by molar-refractivity contribution is -0.383. The van der Waals surface area contributed by atoms with Gasteiger partial charge in [0, 0.05) is 50.3 Å². The van der Waals surface area contributed by atoms with Gasteiger partial charge in [-0.1, -0.05) is 18.2 Å². The van der Waals surface area contributed by atoms with Crippen LogP contribution in [-0.4, -0.2) is 64.5 Å². The van der Waals surface area contributed by atoms with Gasteiger partial charge in [-0.3, -0.25) is 14.9 Å². The molecule has 1 fully saturated rings. The molecule has 4 rings (SSSR count). The molecule has 34 heavy (non-hydrogen) atoms. The number of carbonyl (C=O) groups is 2. The quantitative estimate of drug-likeness (QED) is 0.320. The lowest BCUT2D eigenvalue weighted by Gasteiger charge is -2.34. The summed E-state index contributed by atoms with van der Waals surface area (Å²) < 4.78 is 5.14. The molecule has 0 radical (unpaired) electrons. The number of anilines is 3. The Morgan fingerprint density at radius 3 is 2.38 bits per heavy atom. The minimum Gasteiger partial charge on any atom is -0.452 e. The van der Waals surface area contributed by atoms with Crippen LogP contribution in [0.5, 0.6) is 0 Å². The largest absolute Gasteiger partial charge is 0.452 e. The van der Waals surface area contributed by atoms with E-state index in [0.717, 1.165) is 6.07 Å². The fraction of sp³-hybridized carbons (Fsp3) is 0.217. The second kappa shape index (κ2) is 10.4. The van der Waals surface area contributed by atoms with E-state index in [2.05, 4.69) is 15.3 Å². The van der Waals surface area contributed by atoms with Crippen molar-refractivity contribution in [3.05, 3.63) is 82.7 Å². The average Bonchev–Trinajstić information content (AvgIpc) is 2.88. The molecule has 0 bridgehead atoms. The van der Waals surface area contributed by atoms with Crippen LogP contribution < -0.4 is 10.2 Å². The number of piperazine rings is 1. The van der Waals surface area contributed by atoms with Crippen LogP contribution in [0.1, 0.15) is 10.4 Å². The Bertz CT molecular complexity index is 1170. The molecular formula is C23H22N6O5. The second-order valence-corrected chi connectivity index (χ2v) is 7.47. The summed E-state index contributed by atoms with van der Waals surface area (Å²) >= 11 is 0. The van der Waals surface area contributed by atoms with Crippen molar-refractivity contribution in [2.75, 3.05) is 43.0 Å². The summed E-state index contributed by atoms with van der Waals surface area (Å²) in [6.07, 6.45) is 3.32. The van der Waals surface area contributed by atoms with Crippen molar-refractivity contribution in [3.63, 3.8) is 0 Å². The lowest BCUT2D eigenvalue weighted by atomic mass is 10.1. The summed E-state index contributed by atoms with van der Waals surface area (Å²) in [5.74, 6) is -0.536. The smallest absolute Gasteiger partial charge is 0.338 e. The van der Waals surface area contributed by atoms with Crippen molar-refractivity contribution in [2.45, 2.75) is 0 Å². The van der Waals surface area contributed by atoms with Crippen LogP contribution in [0.4, 0.5) is 23.0 Å². The standard InChI is InChI=1S/C23H22N6O5/c30-21(27-11-13-28(14-12-27)23-24-9-4-10-25-23)16-34-22(31)17-7-8-19(20(15-17)29(32)33)26-18-5-2-1-3-6-18/h1-10,15,26H,11-14,16H2. The number of amides is 1. The fourth-order valence-electron chi connectivity index (χ4n) is 3.50. The number of hydrogen-bond acceptors (Lipinski definition) is 9. The van der Waals surface area contributed by atoms with E-state index in [1.807, 2.05) is 11.0 Å². The number of para-hydroxylation sites is 1. The number of nitro groups is 1. The molecule has 1 aliphatic rings. The molecule has 2 aromatic carbocycles. The first kappa shape index (κ1) is 22.6. The maximum absolute atomic E-state index is 12.5. The van der Waals surface area contributed by atoms with E-state index in [4.69, 9.17) is 4.74 Å². The van der Waals surface area contributed by atoms with E-state index in [1.54, 1.807) is 47.6 Å². The molecule has 0 spiro atoms. The molecule has 11 nitrogen and oxygen atoms in total. The van der Waals surface area contributed by atoms with Crippen molar-refractivity contribution in [1.29, 1.82) is 0 Å². The highest BCUT2D eigenvalue weighted by atomic mass is 16.6. The number of ether oxygens (including phenoxy) is 1. The summed E-state index contributed by atoms with van der Waals surface area (Å²) in [5, 5.41) is 14.5. The number of benzene rings is 2. The highest BCUT2D eigenvalue weighted by Gasteiger charge is 2.24. The lowest BCUT2D eigenvalue weighted by Crippen LogP contribution is -2.50. The van der Waals surface area contributed by atoms with Gasteiger partial charge >= 0.3 is 5.97 Å². The molecule has 1 saturated heterocycles. The molecule has 1 amide bonds. The minimum atomic E-state index is -0.806. The molecule has 2 heterocycles. The number of hydrogen-bond donors (Lipinski definition) is 1. The van der Waals surface area contributed by atoms with Gasteiger partial charge < -0.3 is 19.9 Å². The third-order valence-electron chi connectivity index (χ3n) is 5.28. The number of esters is 1. The minimum absolute atomic E-state index is 0.0100. The molecule has 1 N–H and O–H groups in total. The molecule has 3 aromatic rings. The number of nitrogens with zero attached hydrogens (tertiary/aromatic N) is 5. The average molecular weight is 462 g/mol. The Labute approximate surface area is 195 Å². The number of rotatable bonds is 7. The van der Waals surface area contributed by atoms with E-state index >= 15 is 0 Å². The predicted molar refractivity (Wildman–Crippen MR) is 124 cm³/mol. The maximum Gasteiger partial charge on any atom is 0.338 e. The Balaban J connectivity index is 1.33. The van der Waals surface area contributed by atoms with Crippen molar-refractivity contribution < 1.29 is 19.2 Å². The van der Waals surface area contributed by atoms with Crippen LogP contribution in [0.2, 0.25) is 0 Å². The Hall–Kier alpha value is -4.54. The van der Waals surface area contributed by atoms with Gasteiger partial charge in [-0.25, -0.2) is 14.8 Å². The Kier molecular flexibility index (Phi) is 6.92. The molecular weight excluding hydrogens is 440 g/mol. The van der Waals surface area contributed by atoms with Gasteiger partial charge in [0.15, 0.2) is 6.61 Å². The van der Waals surface area contributed by atoms with Crippen LogP contribution in [0.3, 0.4) is 0 Å². The summed E-state index contributed by atoms with van der Waals surface area (Å²) in [5.41, 5.74) is 0.627. The van der Waals surface area contributed by atoms with Crippen molar-refractivity contribution in [2.24, 2.45) is 0 Å². The number of nitro benzene ring substituents is 1. The number of carbonyl (C=O) groups excluding carboxylic acids is 2. The highest BCUT2D eigenvalue weighted by Crippen LogP contribution is 2.29. The first-order valence-corrected chi connectivity index (χ1v) is 10.6. The molecule has 0 aliphatic carbocycles. The molecule has 0 unspecified atom stereocenters. The van der Waals surface area contributed by atoms with E-state index in [0.29, 0.717) is 37.8 Å². The highest BCUT2D eigenvalue weighted by molar-refractivity contribution is 5.93. The third kappa shape index (κ3) is 5.44. The molecule has 174 valence electrons. The van der Waals surface area contributed by atoms with Crippen LogP contribution in [0.15, 0.2) is 67.0 Å². The van der Waals surface area contributed by atoms with E-state index in [-0.39, 0.29) is 22.8 Å². The zero-order chi connectivity index (χ0) is 23.9. The molecule has 0 saturated carbocycles. The third-order valence-corrected chi connectivity index (χ3v) is 5.28. The van der Waals surface area contributed by atoms with Crippen molar-refractivity contribution in [1.82, 2.24) is 14.9 Å². The first-order chi connectivity index (χ1) is 16.5. The van der Waals surface area contributed by atoms with E-state index < -0.39 is 17.5 Å². The van der Waals surface area contributed by atoms with E-state index in [1.165, 1.54) is 12.1 Å². The van der Waals surface area contributed by atoms with Gasteiger partial charge in [-0.15, -0.1) is 0 Å². The van der Waals surface area contributed by atoms with Gasteiger partial charge in [0.25, 0.3) is 11.6 Å². The Morgan fingerprint density at radius 2 is 1.71 bits per heavy atom. The molecule has 11 heteroatoms. The zero-order valence-corrected chi connectivity index (χ0v) is 18.2. The molecule has 1 aromatic heterocycles. The summed E-state index contributed by atoms with van der Waals surface area (Å²) in [7, 11) is 0. The Morgan fingerprint density at radius 1 is 1.00 bits per heavy atom. The first-order valence-electron chi connectivity index (χ1n) is 10.6. The fourth-order valence-corrected chi connectivity index (χ4v) is 3.50. The van der Waals surface area contributed by atoms with Crippen LogP contribution >= 0.6 is 0 Å². The normalized spacial score (nSPS) is 13.3. The SMILES string of the molecule is O=C(OCC(=O)N1CCN(c2ncccn2)CC1)c1ccc(Nc2ccccc2)c([N+](=O)[O-])c1. The van der Waals surface area contributed by atoms with Crippen LogP contribution in [0.25, 0.3) is 0 Å². The predicted octanol–water partition coefficient (Wildman–Crippen LogP) is 2.63. The van der Waals surface area contributed by atoms with E-state index in [9.17, 15) is 19.7 Å². The summed E-state index contributed by atoms with van der Waals surface area (Å²) in [6.45, 7) is 1.57. The number of nitrogens with one attached hydrogen (secondary N) is 1. The van der Waals surface area contributed by atoms with Gasteiger partial charge in [-0.2, -0.15) is 0 Å². The van der Waals surface area contributed by atoms with Crippen molar-refractivity contribution >= 4 is 34.9 Å². The van der Waals surface area contributed by atoms with Gasteiger partial charge in [0.05, 0.1) is 10.5 Å². The molecule has 1 aliphatic heterocycles. The molecule has 0 atom stereocenters. The van der Waals surface area contributed by atoms with Crippen LogP contribution in [0, 0.1) is 10.1 Å².